The fraction of sp³-hybridized carbons (Fsp3) is 0.609. The molecule has 1 aliphatic carbocycles. The number of fused-ring (bicyclic) bond motifs is 1. The highest BCUT2D eigenvalue weighted by atomic mass is 16.5. The van der Waals surface area contributed by atoms with Crippen LogP contribution in [0.3, 0.4) is 0 Å². The molecule has 2 aromatic rings. The molecule has 0 spiro atoms. The first-order valence-electron chi connectivity index (χ1n) is 10.8. The monoisotopic (exact) mass is 383 g/mol. The van der Waals surface area contributed by atoms with E-state index in [1.54, 1.807) is 7.11 Å². The van der Waals surface area contributed by atoms with E-state index in [1.165, 1.54) is 32.1 Å². The fourth-order valence-corrected chi connectivity index (χ4v) is 5.02. The van der Waals surface area contributed by atoms with Crippen LogP contribution in [0.25, 0.3) is 10.9 Å². The Hall–Kier alpha value is -1.69. The number of pyridine rings is 1. The molecule has 5 nitrogen and oxygen atoms in total. The first-order valence-corrected chi connectivity index (χ1v) is 10.8. The summed E-state index contributed by atoms with van der Waals surface area (Å²) in [4.78, 5) is 10.1. The lowest BCUT2D eigenvalue weighted by molar-refractivity contribution is 0.0133. The average Bonchev–Trinajstić information content (AvgIpc) is 2.74. The normalized spacial score (nSPS) is 22.6. The summed E-state index contributed by atoms with van der Waals surface area (Å²) >= 11 is 0. The number of aliphatic hydroxyl groups is 1. The zero-order chi connectivity index (χ0) is 19.3. The van der Waals surface area contributed by atoms with Crippen LogP contribution in [0, 0.1) is 0 Å². The van der Waals surface area contributed by atoms with Crippen LogP contribution >= 0.6 is 0 Å². The third-order valence-electron chi connectivity index (χ3n) is 6.46. The van der Waals surface area contributed by atoms with Gasteiger partial charge in [-0.15, -0.1) is 0 Å². The third kappa shape index (κ3) is 4.32. The Bertz CT molecular complexity index is 776. The number of para-hydroxylation sites is 1. The quantitative estimate of drug-likeness (QED) is 0.828. The van der Waals surface area contributed by atoms with Gasteiger partial charge in [0, 0.05) is 50.3 Å². The lowest BCUT2D eigenvalue weighted by Crippen LogP contribution is -2.56. The van der Waals surface area contributed by atoms with Gasteiger partial charge >= 0.3 is 0 Å². The first-order chi connectivity index (χ1) is 13.8. The maximum atomic E-state index is 9.62. The van der Waals surface area contributed by atoms with Crippen molar-refractivity contribution in [3.05, 3.63) is 36.0 Å². The lowest BCUT2D eigenvalue weighted by Gasteiger charge is -2.46. The van der Waals surface area contributed by atoms with E-state index in [4.69, 9.17) is 9.72 Å². The van der Waals surface area contributed by atoms with Gasteiger partial charge in [-0.3, -0.25) is 9.80 Å². The molecule has 28 heavy (non-hydrogen) atoms. The van der Waals surface area contributed by atoms with E-state index in [-0.39, 0.29) is 6.61 Å². The molecule has 1 N–H and O–H groups in total. The van der Waals surface area contributed by atoms with Gasteiger partial charge in [0.25, 0.3) is 0 Å². The van der Waals surface area contributed by atoms with Crippen molar-refractivity contribution in [2.45, 2.75) is 57.2 Å². The van der Waals surface area contributed by atoms with Gasteiger partial charge in [0.2, 0.25) is 0 Å². The van der Waals surface area contributed by atoms with Gasteiger partial charge in [0.05, 0.1) is 12.8 Å². The molecule has 152 valence electrons. The summed E-state index contributed by atoms with van der Waals surface area (Å²) in [5.41, 5.74) is 2.03. The summed E-state index contributed by atoms with van der Waals surface area (Å²) in [6.45, 7) is 4.32. The van der Waals surface area contributed by atoms with Crippen molar-refractivity contribution in [3.63, 3.8) is 0 Å². The van der Waals surface area contributed by atoms with Crippen molar-refractivity contribution in [2.24, 2.45) is 0 Å². The molecular formula is C23H33N3O2. The maximum Gasteiger partial charge on any atom is 0.145 e. The maximum absolute atomic E-state index is 9.62. The molecule has 1 aromatic heterocycles. The van der Waals surface area contributed by atoms with Gasteiger partial charge in [0.15, 0.2) is 0 Å². The minimum Gasteiger partial charge on any atom is -0.494 e. The van der Waals surface area contributed by atoms with Gasteiger partial charge in [-0.1, -0.05) is 37.5 Å². The number of hydrogen-bond acceptors (Lipinski definition) is 5. The number of piperazine rings is 1. The molecule has 1 aliphatic heterocycles. The van der Waals surface area contributed by atoms with Crippen LogP contribution < -0.4 is 4.74 Å². The van der Waals surface area contributed by atoms with Gasteiger partial charge in [-0.2, -0.15) is 0 Å². The van der Waals surface area contributed by atoms with Crippen LogP contribution in [0.5, 0.6) is 5.75 Å². The Morgan fingerprint density at radius 1 is 1.11 bits per heavy atom. The molecule has 1 saturated carbocycles. The van der Waals surface area contributed by atoms with Gasteiger partial charge in [-0.05, 0) is 31.4 Å². The number of ether oxygens (including phenoxy) is 1. The number of rotatable bonds is 6. The van der Waals surface area contributed by atoms with Crippen molar-refractivity contribution < 1.29 is 9.84 Å². The minimum atomic E-state index is 0.271. The predicted octanol–water partition coefficient (Wildman–Crippen LogP) is 3.44. The van der Waals surface area contributed by atoms with Crippen LogP contribution in [0.4, 0.5) is 0 Å². The van der Waals surface area contributed by atoms with Crippen molar-refractivity contribution in [1.29, 1.82) is 0 Å². The molecule has 0 radical (unpaired) electrons. The fourth-order valence-electron chi connectivity index (χ4n) is 5.02. The molecule has 2 aliphatic rings. The van der Waals surface area contributed by atoms with E-state index in [0.717, 1.165) is 61.0 Å². The molecule has 5 heteroatoms. The van der Waals surface area contributed by atoms with Crippen molar-refractivity contribution in [2.75, 3.05) is 33.4 Å². The summed E-state index contributed by atoms with van der Waals surface area (Å²) in [5.74, 6) is 0.833. The van der Waals surface area contributed by atoms with E-state index in [1.807, 2.05) is 12.1 Å². The van der Waals surface area contributed by atoms with Crippen molar-refractivity contribution >= 4 is 10.9 Å². The van der Waals surface area contributed by atoms with Crippen LogP contribution in [0.15, 0.2) is 30.3 Å². The number of hydrogen-bond donors (Lipinski definition) is 1. The number of methoxy groups -OCH3 is 1. The summed E-state index contributed by atoms with van der Waals surface area (Å²) < 4.78 is 5.49. The summed E-state index contributed by atoms with van der Waals surface area (Å²) in [6, 6.07) is 11.5. The van der Waals surface area contributed by atoms with Crippen LogP contribution in [-0.4, -0.2) is 65.3 Å². The Kier molecular flexibility index (Phi) is 6.45. The molecule has 2 heterocycles. The smallest absolute Gasteiger partial charge is 0.145 e. The second kappa shape index (κ2) is 9.21. The molecule has 1 saturated heterocycles. The number of benzene rings is 1. The minimum absolute atomic E-state index is 0.271. The zero-order valence-corrected chi connectivity index (χ0v) is 17.0. The van der Waals surface area contributed by atoms with E-state index < -0.39 is 0 Å². The second-order valence-electron chi connectivity index (χ2n) is 8.27. The summed E-state index contributed by atoms with van der Waals surface area (Å²) in [7, 11) is 1.70. The molecule has 0 amide bonds. The van der Waals surface area contributed by atoms with E-state index in [0.29, 0.717) is 6.04 Å². The molecule has 0 bridgehead atoms. The number of nitrogens with zero attached hydrogens (tertiary/aromatic N) is 3. The van der Waals surface area contributed by atoms with Crippen LogP contribution in [-0.2, 0) is 6.54 Å². The lowest BCUT2D eigenvalue weighted by atomic mass is 9.92. The van der Waals surface area contributed by atoms with Crippen molar-refractivity contribution in [3.8, 4) is 5.75 Å². The third-order valence-corrected chi connectivity index (χ3v) is 6.46. The van der Waals surface area contributed by atoms with Crippen LogP contribution in [0.1, 0.15) is 44.2 Å². The van der Waals surface area contributed by atoms with Crippen LogP contribution in [0.2, 0.25) is 0 Å². The standard InChI is InChI=1S/C23H33N3O2/c1-28-22-9-5-6-18-10-11-19(24-23(18)22)16-25-13-14-26(21(17-25)12-15-27)20-7-3-2-4-8-20/h5-6,9-11,20-21,27H,2-4,7-8,12-17H2,1H3/t21-/m0/s1. The molecule has 4 rings (SSSR count). The van der Waals surface area contributed by atoms with Gasteiger partial charge < -0.3 is 9.84 Å². The van der Waals surface area contributed by atoms with E-state index in [2.05, 4.69) is 28.0 Å². The average molecular weight is 384 g/mol. The van der Waals surface area contributed by atoms with E-state index in [9.17, 15) is 5.11 Å². The Balaban J connectivity index is 1.46. The van der Waals surface area contributed by atoms with E-state index >= 15 is 0 Å². The second-order valence-corrected chi connectivity index (χ2v) is 8.27. The molecule has 1 aromatic carbocycles. The SMILES string of the molecule is COc1cccc2ccc(CN3CCN(C4CCCCC4)[C@@H](CCO)C3)nc12. The van der Waals surface area contributed by atoms with Gasteiger partial charge in [-0.25, -0.2) is 4.98 Å². The molecule has 2 fully saturated rings. The highest BCUT2D eigenvalue weighted by molar-refractivity contribution is 5.84. The number of aromatic nitrogens is 1. The predicted molar refractivity (Wildman–Crippen MR) is 113 cm³/mol. The molecular weight excluding hydrogens is 350 g/mol. The molecule has 1 atom stereocenters. The van der Waals surface area contributed by atoms with Gasteiger partial charge in [0.1, 0.15) is 11.3 Å². The first kappa shape index (κ1) is 19.6. The Labute approximate surface area is 168 Å². The van der Waals surface area contributed by atoms with Crippen molar-refractivity contribution in [1.82, 2.24) is 14.8 Å². The largest absolute Gasteiger partial charge is 0.494 e. The summed E-state index contributed by atoms with van der Waals surface area (Å²) in [6.07, 6.45) is 7.63. The zero-order valence-electron chi connectivity index (χ0n) is 17.0. The highest BCUT2D eigenvalue weighted by Gasteiger charge is 2.32. The summed E-state index contributed by atoms with van der Waals surface area (Å²) in [5, 5.41) is 10.7. The number of aliphatic hydroxyl groups excluding tert-OH is 1. The highest BCUT2D eigenvalue weighted by Crippen LogP contribution is 2.28. The topological polar surface area (TPSA) is 48.8 Å². The molecule has 0 unspecified atom stereocenters. The Morgan fingerprint density at radius 3 is 2.75 bits per heavy atom. The Morgan fingerprint density at radius 2 is 1.96 bits per heavy atom.